The number of nitrogens with one attached hydrogen (secondary N) is 1. The molecule has 37 heavy (non-hydrogen) atoms. The molecule has 5 heterocycles. The van der Waals surface area contributed by atoms with Crippen LogP contribution in [0.1, 0.15) is 37.3 Å². The van der Waals surface area contributed by atoms with Gasteiger partial charge in [-0.3, -0.25) is 14.8 Å². The Bertz CT molecular complexity index is 1610. The molecule has 1 N–H and O–H groups in total. The minimum Gasteiger partial charge on any atom is -0.381 e. The number of ether oxygens (including phenoxy) is 1. The Morgan fingerprint density at radius 1 is 1.03 bits per heavy atom. The second-order valence-corrected chi connectivity index (χ2v) is 9.84. The van der Waals surface area contributed by atoms with Gasteiger partial charge in [0.05, 0.1) is 17.2 Å². The summed E-state index contributed by atoms with van der Waals surface area (Å²) < 4.78 is 21.9. The van der Waals surface area contributed by atoms with Gasteiger partial charge in [-0.15, -0.1) is 0 Å². The summed E-state index contributed by atoms with van der Waals surface area (Å²) >= 11 is 0. The zero-order valence-corrected chi connectivity index (χ0v) is 20.3. The molecule has 0 radical (unpaired) electrons. The highest BCUT2D eigenvalue weighted by Gasteiger charge is 2.29. The molecular weight excluding hydrogens is 469 g/mol. The number of rotatable bonds is 4. The summed E-state index contributed by atoms with van der Waals surface area (Å²) in [5.41, 5.74) is 6.18. The molecule has 186 valence electrons. The summed E-state index contributed by atoms with van der Waals surface area (Å²) in [4.78, 5) is 18.8. The van der Waals surface area contributed by atoms with Gasteiger partial charge in [0.15, 0.2) is 0 Å². The molecule has 0 saturated carbocycles. The van der Waals surface area contributed by atoms with Gasteiger partial charge in [0.25, 0.3) is 0 Å². The van der Waals surface area contributed by atoms with E-state index in [1.54, 1.807) is 4.90 Å². The fraction of sp³-hybridized carbons (Fsp3) is 0.276. The first kappa shape index (κ1) is 22.2. The fourth-order valence-electron chi connectivity index (χ4n) is 5.86. The largest absolute Gasteiger partial charge is 0.381 e. The predicted octanol–water partition coefficient (Wildman–Crippen LogP) is 5.73. The Morgan fingerprint density at radius 2 is 1.86 bits per heavy atom. The second-order valence-electron chi connectivity index (χ2n) is 9.84. The number of hydrogen-bond donors (Lipinski definition) is 1. The van der Waals surface area contributed by atoms with Crippen molar-refractivity contribution in [2.45, 2.75) is 31.6 Å². The molecular formula is C29H26FN5O2. The lowest BCUT2D eigenvalue weighted by Gasteiger charge is -2.26. The molecule has 5 aromatic rings. The molecule has 0 bridgehead atoms. The number of H-pyrrole nitrogens is 1. The van der Waals surface area contributed by atoms with E-state index in [9.17, 15) is 9.18 Å². The number of halogens is 1. The van der Waals surface area contributed by atoms with E-state index in [1.165, 1.54) is 17.8 Å². The van der Waals surface area contributed by atoms with Gasteiger partial charge >= 0.3 is 0 Å². The van der Waals surface area contributed by atoms with Crippen LogP contribution in [0, 0.1) is 5.82 Å². The summed E-state index contributed by atoms with van der Waals surface area (Å²) in [6, 6.07) is 15.0. The second kappa shape index (κ2) is 8.81. The molecule has 3 aromatic heterocycles. The third-order valence-corrected chi connectivity index (χ3v) is 7.64. The van der Waals surface area contributed by atoms with Crippen LogP contribution in [0.2, 0.25) is 0 Å². The molecule has 2 aliphatic heterocycles. The van der Waals surface area contributed by atoms with Crippen molar-refractivity contribution in [3.8, 4) is 16.8 Å². The van der Waals surface area contributed by atoms with Crippen molar-refractivity contribution >= 4 is 33.5 Å². The number of nitrogens with zero attached hydrogens (tertiary/aromatic N) is 4. The van der Waals surface area contributed by atoms with Gasteiger partial charge in [-0.1, -0.05) is 0 Å². The Morgan fingerprint density at radius 3 is 2.59 bits per heavy atom. The molecule has 1 amide bonds. The number of aromatic amines is 1. The number of pyridine rings is 1. The molecule has 2 fully saturated rings. The minimum absolute atomic E-state index is 0.123. The van der Waals surface area contributed by atoms with Gasteiger partial charge in [0, 0.05) is 71.6 Å². The number of benzene rings is 2. The first-order valence-electron chi connectivity index (χ1n) is 12.8. The molecule has 0 aliphatic carbocycles. The number of anilines is 1. The van der Waals surface area contributed by atoms with Crippen LogP contribution in [0.5, 0.6) is 0 Å². The SMILES string of the molecule is O=C1CCCN1c1ccc(-c2c(C3CCOCC3)n(-c3ccc(F)cc3)c3cc4cn[nH]c4cc23)cn1. The van der Waals surface area contributed by atoms with Crippen LogP contribution in [0.4, 0.5) is 10.2 Å². The van der Waals surface area contributed by atoms with Crippen LogP contribution in [0.25, 0.3) is 38.6 Å². The average Bonchev–Trinajstić information content (AvgIpc) is 3.65. The standard InChI is InChI=1S/C29H26FN5O2/c30-21-4-6-22(7-5-21)35-25-14-20-17-32-33-24(20)15-23(25)28(29(35)18-9-12-37-13-10-18)19-3-8-26(31-16-19)34-11-1-2-27(34)36/h3-8,14-18H,1-2,9-13H2,(H,32,33). The van der Waals surface area contributed by atoms with Crippen molar-refractivity contribution in [1.29, 1.82) is 0 Å². The van der Waals surface area contributed by atoms with Gasteiger partial charge in [-0.25, -0.2) is 9.37 Å². The van der Waals surface area contributed by atoms with Crippen molar-refractivity contribution in [2.24, 2.45) is 0 Å². The topological polar surface area (TPSA) is 76.0 Å². The maximum atomic E-state index is 13.9. The number of hydrogen-bond acceptors (Lipinski definition) is 4. The minimum atomic E-state index is -0.262. The Kier molecular flexibility index (Phi) is 5.28. The van der Waals surface area contributed by atoms with E-state index in [4.69, 9.17) is 9.72 Å². The Balaban J connectivity index is 1.50. The monoisotopic (exact) mass is 495 g/mol. The van der Waals surface area contributed by atoms with Crippen LogP contribution < -0.4 is 4.90 Å². The van der Waals surface area contributed by atoms with Crippen molar-refractivity contribution in [1.82, 2.24) is 19.7 Å². The van der Waals surface area contributed by atoms with Crippen molar-refractivity contribution in [3.05, 3.63) is 72.4 Å². The lowest BCUT2D eigenvalue weighted by Crippen LogP contribution is -2.24. The summed E-state index contributed by atoms with van der Waals surface area (Å²) in [5, 5.41) is 9.45. The van der Waals surface area contributed by atoms with E-state index in [2.05, 4.69) is 33.0 Å². The van der Waals surface area contributed by atoms with Crippen molar-refractivity contribution in [2.75, 3.05) is 24.7 Å². The average molecular weight is 496 g/mol. The highest BCUT2D eigenvalue weighted by molar-refractivity contribution is 6.06. The van der Waals surface area contributed by atoms with E-state index < -0.39 is 0 Å². The van der Waals surface area contributed by atoms with Crippen LogP contribution in [0.15, 0.2) is 60.9 Å². The Hall–Kier alpha value is -4.04. The van der Waals surface area contributed by atoms with E-state index in [0.717, 1.165) is 57.9 Å². The van der Waals surface area contributed by atoms with Gasteiger partial charge < -0.3 is 9.30 Å². The van der Waals surface area contributed by atoms with Crippen LogP contribution in [0.3, 0.4) is 0 Å². The first-order chi connectivity index (χ1) is 18.2. The number of aromatic nitrogens is 4. The lowest BCUT2D eigenvalue weighted by molar-refractivity contribution is -0.117. The number of amides is 1. The Labute approximate surface area is 212 Å². The fourth-order valence-corrected chi connectivity index (χ4v) is 5.86. The van der Waals surface area contributed by atoms with Gasteiger partial charge in [0.2, 0.25) is 5.91 Å². The highest BCUT2D eigenvalue weighted by atomic mass is 19.1. The third-order valence-electron chi connectivity index (χ3n) is 7.64. The van der Waals surface area contributed by atoms with Crippen LogP contribution in [-0.4, -0.2) is 45.4 Å². The summed E-state index contributed by atoms with van der Waals surface area (Å²) in [6.07, 6.45) is 6.94. The maximum Gasteiger partial charge on any atom is 0.228 e. The number of carbonyl (C=O) groups is 1. The molecule has 2 saturated heterocycles. The molecule has 7 nitrogen and oxygen atoms in total. The molecule has 0 atom stereocenters. The molecule has 8 heteroatoms. The van der Waals surface area contributed by atoms with E-state index >= 15 is 0 Å². The predicted molar refractivity (Wildman–Crippen MR) is 140 cm³/mol. The zero-order chi connectivity index (χ0) is 24.9. The number of carbonyl (C=O) groups excluding carboxylic acids is 1. The smallest absolute Gasteiger partial charge is 0.228 e. The van der Waals surface area contributed by atoms with E-state index in [1.807, 2.05) is 30.6 Å². The van der Waals surface area contributed by atoms with Gasteiger partial charge in [-0.2, -0.15) is 5.10 Å². The summed E-state index contributed by atoms with van der Waals surface area (Å²) in [7, 11) is 0. The number of fused-ring (bicyclic) bond motifs is 2. The van der Waals surface area contributed by atoms with Crippen molar-refractivity contribution in [3.63, 3.8) is 0 Å². The van der Waals surface area contributed by atoms with Crippen LogP contribution >= 0.6 is 0 Å². The summed E-state index contributed by atoms with van der Waals surface area (Å²) in [5.74, 6) is 0.814. The van der Waals surface area contributed by atoms with Gasteiger partial charge in [0.1, 0.15) is 11.6 Å². The third kappa shape index (κ3) is 3.71. The zero-order valence-electron chi connectivity index (χ0n) is 20.3. The molecule has 2 aliphatic rings. The van der Waals surface area contributed by atoms with Gasteiger partial charge in [-0.05, 0) is 67.8 Å². The molecule has 0 unspecified atom stereocenters. The molecule has 0 spiro atoms. The first-order valence-corrected chi connectivity index (χ1v) is 12.8. The van der Waals surface area contributed by atoms with E-state index in [0.29, 0.717) is 32.0 Å². The molecule has 2 aromatic carbocycles. The lowest BCUT2D eigenvalue weighted by atomic mass is 9.90. The van der Waals surface area contributed by atoms with Crippen LogP contribution in [-0.2, 0) is 9.53 Å². The van der Waals surface area contributed by atoms with E-state index in [-0.39, 0.29) is 17.6 Å². The normalized spacial score (nSPS) is 16.9. The maximum absolute atomic E-state index is 13.9. The molecule has 7 rings (SSSR count). The summed E-state index contributed by atoms with van der Waals surface area (Å²) in [6.45, 7) is 2.11. The highest BCUT2D eigenvalue weighted by Crippen LogP contribution is 2.44. The quantitative estimate of drug-likeness (QED) is 0.346. The van der Waals surface area contributed by atoms with Crippen molar-refractivity contribution < 1.29 is 13.9 Å².